The van der Waals surface area contributed by atoms with Crippen molar-refractivity contribution in [1.29, 1.82) is 0 Å². The second-order valence-corrected chi connectivity index (χ2v) is 9.00. The lowest BCUT2D eigenvalue weighted by molar-refractivity contribution is -0.120. The summed E-state index contributed by atoms with van der Waals surface area (Å²) < 4.78 is 54.0. The molecule has 1 atom stereocenters. The number of benzene rings is 3. The molecule has 1 amide bonds. The Kier molecular flexibility index (Phi) is 6.70. The molecule has 3 rings (SSSR count). The van der Waals surface area contributed by atoms with E-state index < -0.39 is 40.2 Å². The number of rotatable bonds is 7. The maximum atomic E-state index is 13.4. The number of hydrogen-bond donors (Lipinski definition) is 1. The van der Waals surface area contributed by atoms with Gasteiger partial charge in [-0.2, -0.15) is 0 Å². The zero-order valence-electron chi connectivity index (χ0n) is 17.0. The van der Waals surface area contributed by atoms with Crippen LogP contribution in [0.15, 0.2) is 77.7 Å². The first kappa shape index (κ1) is 22.4. The normalized spacial score (nSPS) is 12.3. The lowest BCUT2D eigenvalue weighted by Gasteiger charge is -2.25. The van der Waals surface area contributed by atoms with Crippen molar-refractivity contribution in [2.45, 2.75) is 24.8 Å². The van der Waals surface area contributed by atoms with Crippen molar-refractivity contribution < 1.29 is 22.0 Å². The van der Waals surface area contributed by atoms with E-state index in [1.165, 1.54) is 36.4 Å². The Labute approximate surface area is 180 Å². The number of sulfonamides is 1. The molecule has 0 bridgehead atoms. The van der Waals surface area contributed by atoms with Crippen LogP contribution < -0.4 is 9.62 Å². The molecule has 0 fully saturated rings. The lowest BCUT2D eigenvalue weighted by Crippen LogP contribution is -2.41. The molecule has 0 aliphatic rings. The predicted octanol–water partition coefficient (Wildman–Crippen LogP) is 4.35. The number of amides is 1. The largest absolute Gasteiger partial charge is 0.348 e. The van der Waals surface area contributed by atoms with Crippen molar-refractivity contribution in [3.05, 3.63) is 95.6 Å². The van der Waals surface area contributed by atoms with Gasteiger partial charge in [0.05, 0.1) is 16.6 Å². The molecule has 5 nitrogen and oxygen atoms in total. The van der Waals surface area contributed by atoms with Crippen LogP contribution in [0, 0.1) is 18.6 Å². The second kappa shape index (κ2) is 9.26. The number of nitrogens with one attached hydrogen (secondary N) is 1. The van der Waals surface area contributed by atoms with Gasteiger partial charge in [-0.1, -0.05) is 29.8 Å². The maximum absolute atomic E-state index is 13.4. The van der Waals surface area contributed by atoms with Crippen LogP contribution in [0.4, 0.5) is 14.5 Å². The molecule has 0 aliphatic heterocycles. The van der Waals surface area contributed by atoms with Crippen molar-refractivity contribution in [3.8, 4) is 0 Å². The Morgan fingerprint density at radius 1 is 0.903 bits per heavy atom. The van der Waals surface area contributed by atoms with Crippen molar-refractivity contribution in [2.24, 2.45) is 0 Å². The second-order valence-electron chi connectivity index (χ2n) is 7.14. The molecule has 0 unspecified atom stereocenters. The first-order valence-corrected chi connectivity index (χ1v) is 11.0. The lowest BCUT2D eigenvalue weighted by atomic mass is 10.1. The molecule has 162 valence electrons. The summed E-state index contributed by atoms with van der Waals surface area (Å²) in [5, 5.41) is 2.72. The molecule has 3 aromatic carbocycles. The average molecular weight is 445 g/mol. The topological polar surface area (TPSA) is 66.5 Å². The van der Waals surface area contributed by atoms with Gasteiger partial charge in [0.25, 0.3) is 10.0 Å². The van der Waals surface area contributed by atoms with Crippen LogP contribution in [0.1, 0.15) is 24.1 Å². The fourth-order valence-electron chi connectivity index (χ4n) is 3.01. The number of hydrogen-bond acceptors (Lipinski definition) is 3. The minimum atomic E-state index is -4.08. The molecule has 8 heteroatoms. The Bertz CT molecular complexity index is 1150. The Morgan fingerprint density at radius 3 is 1.97 bits per heavy atom. The van der Waals surface area contributed by atoms with Gasteiger partial charge in [-0.05, 0) is 67.9 Å². The first-order valence-electron chi connectivity index (χ1n) is 9.56. The predicted molar refractivity (Wildman–Crippen MR) is 115 cm³/mol. The minimum Gasteiger partial charge on any atom is -0.348 e. The van der Waals surface area contributed by atoms with Crippen LogP contribution in [-0.4, -0.2) is 20.9 Å². The van der Waals surface area contributed by atoms with Gasteiger partial charge in [0.1, 0.15) is 18.2 Å². The molecular formula is C23H22F2N2O3S. The Balaban J connectivity index is 1.87. The van der Waals surface area contributed by atoms with Crippen LogP contribution in [0.3, 0.4) is 0 Å². The zero-order valence-corrected chi connectivity index (χ0v) is 17.9. The van der Waals surface area contributed by atoms with Crippen LogP contribution in [0.25, 0.3) is 0 Å². The smallest absolute Gasteiger partial charge is 0.264 e. The van der Waals surface area contributed by atoms with Crippen molar-refractivity contribution >= 4 is 21.6 Å². The molecule has 0 saturated carbocycles. The number of nitrogens with zero attached hydrogens (tertiary/aromatic N) is 1. The average Bonchev–Trinajstić information content (AvgIpc) is 2.73. The summed E-state index contributed by atoms with van der Waals surface area (Å²) in [5.41, 5.74) is 1.72. The monoisotopic (exact) mass is 444 g/mol. The molecule has 0 radical (unpaired) electrons. The van der Waals surface area contributed by atoms with Gasteiger partial charge >= 0.3 is 0 Å². The summed E-state index contributed by atoms with van der Waals surface area (Å²) in [6.07, 6.45) is 0. The molecular weight excluding hydrogens is 422 g/mol. The van der Waals surface area contributed by atoms with E-state index in [-0.39, 0.29) is 10.6 Å². The number of anilines is 1. The van der Waals surface area contributed by atoms with Gasteiger partial charge in [-0.3, -0.25) is 9.10 Å². The van der Waals surface area contributed by atoms with E-state index >= 15 is 0 Å². The van der Waals surface area contributed by atoms with E-state index in [1.54, 1.807) is 31.2 Å². The fourth-order valence-corrected chi connectivity index (χ4v) is 4.43. The van der Waals surface area contributed by atoms with Gasteiger partial charge in [0.15, 0.2) is 0 Å². The molecule has 0 heterocycles. The SMILES string of the molecule is Cc1ccc(S(=O)(=O)N(CC(=O)N[C@H](C)c2ccc(F)cc2)c2ccc(F)cc2)cc1. The number of carbonyl (C=O) groups excluding carboxylic acids is 1. The van der Waals surface area contributed by atoms with Crippen LogP contribution in [0.2, 0.25) is 0 Å². The third-order valence-corrected chi connectivity index (χ3v) is 6.55. The standard InChI is InChI=1S/C23H22F2N2O3S/c1-16-3-13-22(14-4-16)31(29,30)27(21-11-9-20(25)10-12-21)15-23(28)26-17(2)18-5-7-19(24)8-6-18/h3-14,17H,15H2,1-2H3,(H,26,28)/t17-/m1/s1. The van der Waals surface area contributed by atoms with Gasteiger partial charge in [0.2, 0.25) is 5.91 Å². The molecule has 0 saturated heterocycles. The van der Waals surface area contributed by atoms with E-state index in [4.69, 9.17) is 0 Å². The number of aryl methyl sites for hydroxylation is 1. The van der Waals surface area contributed by atoms with E-state index in [0.29, 0.717) is 5.56 Å². The number of halogens is 2. The van der Waals surface area contributed by atoms with Gasteiger partial charge in [0, 0.05) is 0 Å². The number of carbonyl (C=O) groups is 1. The van der Waals surface area contributed by atoms with E-state index in [9.17, 15) is 22.0 Å². The Morgan fingerprint density at radius 2 is 1.42 bits per heavy atom. The molecule has 0 spiro atoms. The van der Waals surface area contributed by atoms with Gasteiger partial charge in [-0.15, -0.1) is 0 Å². The Hall–Kier alpha value is -3.26. The van der Waals surface area contributed by atoms with Crippen LogP contribution in [-0.2, 0) is 14.8 Å². The summed E-state index contributed by atoms with van der Waals surface area (Å²) in [4.78, 5) is 12.7. The van der Waals surface area contributed by atoms with Gasteiger partial charge in [-0.25, -0.2) is 17.2 Å². The van der Waals surface area contributed by atoms with Crippen LogP contribution in [0.5, 0.6) is 0 Å². The summed E-state index contributed by atoms with van der Waals surface area (Å²) in [6.45, 7) is 3.04. The highest BCUT2D eigenvalue weighted by Crippen LogP contribution is 2.24. The van der Waals surface area contributed by atoms with Gasteiger partial charge < -0.3 is 5.32 Å². The molecule has 3 aromatic rings. The quantitative estimate of drug-likeness (QED) is 0.589. The van der Waals surface area contributed by atoms with Crippen LogP contribution >= 0.6 is 0 Å². The first-order chi connectivity index (χ1) is 14.7. The highest BCUT2D eigenvalue weighted by Gasteiger charge is 2.27. The van der Waals surface area contributed by atoms with Crippen molar-refractivity contribution in [1.82, 2.24) is 5.32 Å². The summed E-state index contributed by atoms with van der Waals surface area (Å²) in [7, 11) is -4.08. The van der Waals surface area contributed by atoms with E-state index in [2.05, 4.69) is 5.32 Å². The maximum Gasteiger partial charge on any atom is 0.264 e. The fraction of sp³-hybridized carbons (Fsp3) is 0.174. The molecule has 0 aliphatic carbocycles. The minimum absolute atomic E-state index is 0.0156. The molecule has 0 aromatic heterocycles. The highest BCUT2D eigenvalue weighted by molar-refractivity contribution is 7.92. The molecule has 31 heavy (non-hydrogen) atoms. The summed E-state index contributed by atoms with van der Waals surface area (Å²) in [6, 6.07) is 16.3. The van der Waals surface area contributed by atoms with E-state index in [0.717, 1.165) is 22.0 Å². The van der Waals surface area contributed by atoms with Crippen molar-refractivity contribution in [2.75, 3.05) is 10.8 Å². The zero-order chi connectivity index (χ0) is 22.6. The third-order valence-electron chi connectivity index (χ3n) is 4.76. The highest BCUT2D eigenvalue weighted by atomic mass is 32.2. The van der Waals surface area contributed by atoms with Crippen molar-refractivity contribution in [3.63, 3.8) is 0 Å². The third kappa shape index (κ3) is 5.46. The summed E-state index contributed by atoms with van der Waals surface area (Å²) >= 11 is 0. The molecule has 1 N–H and O–H groups in total. The van der Waals surface area contributed by atoms with E-state index in [1.807, 2.05) is 6.92 Å². The summed E-state index contributed by atoms with van der Waals surface area (Å²) in [5.74, 6) is -1.48.